The van der Waals surface area contributed by atoms with Crippen LogP contribution in [-0.2, 0) is 0 Å². The van der Waals surface area contributed by atoms with Crippen LogP contribution in [0.15, 0.2) is 12.3 Å². The molecule has 1 aromatic heterocycles. The van der Waals surface area contributed by atoms with E-state index in [4.69, 9.17) is 17.3 Å². The van der Waals surface area contributed by atoms with Crippen LogP contribution >= 0.6 is 11.6 Å². The van der Waals surface area contributed by atoms with E-state index in [1.807, 2.05) is 0 Å². The Hall–Kier alpha value is -1.33. The Balaban J connectivity index is 2.03. The van der Waals surface area contributed by atoms with E-state index < -0.39 is 0 Å². The van der Waals surface area contributed by atoms with Crippen molar-refractivity contribution in [2.24, 2.45) is 0 Å². The quantitative estimate of drug-likeness (QED) is 0.912. The number of likely N-dealkylation sites (N-methyl/N-ethyl adjacent to an activating group) is 2. The first kappa shape index (κ1) is 14.1. The number of carbonyl (C=O) groups excluding carboxylic acids is 1. The molecule has 1 aliphatic rings. The van der Waals surface area contributed by atoms with E-state index in [1.165, 1.54) is 12.6 Å². The molecule has 6 heteroatoms. The number of nitrogens with zero attached hydrogens (tertiary/aromatic N) is 3. The van der Waals surface area contributed by atoms with Gasteiger partial charge in [-0.05, 0) is 32.5 Å². The molecule has 1 amide bonds. The zero-order valence-electron chi connectivity index (χ0n) is 11.3. The van der Waals surface area contributed by atoms with Gasteiger partial charge in [0.25, 0.3) is 5.91 Å². The fourth-order valence-electron chi connectivity index (χ4n) is 2.39. The van der Waals surface area contributed by atoms with Gasteiger partial charge in [0.15, 0.2) is 0 Å². The van der Waals surface area contributed by atoms with Crippen molar-refractivity contribution in [1.82, 2.24) is 14.8 Å². The van der Waals surface area contributed by atoms with Gasteiger partial charge in [-0.15, -0.1) is 0 Å². The molecular weight excluding hydrogens is 264 g/mol. The van der Waals surface area contributed by atoms with Crippen LogP contribution in [0.1, 0.15) is 23.2 Å². The zero-order chi connectivity index (χ0) is 14.0. The summed E-state index contributed by atoms with van der Waals surface area (Å²) in [6, 6.07) is 2.01. The maximum absolute atomic E-state index is 12.3. The fraction of sp³-hybridized carbons (Fsp3) is 0.538. The van der Waals surface area contributed by atoms with Crippen molar-refractivity contribution in [1.29, 1.82) is 0 Å². The molecule has 1 fully saturated rings. The molecule has 1 aromatic rings. The molecule has 0 aliphatic carbocycles. The first-order valence-electron chi connectivity index (χ1n) is 6.35. The predicted octanol–water partition coefficient (Wildman–Crippen LogP) is 1.48. The monoisotopic (exact) mass is 282 g/mol. The summed E-state index contributed by atoms with van der Waals surface area (Å²) in [7, 11) is 3.90. The van der Waals surface area contributed by atoms with Gasteiger partial charge >= 0.3 is 0 Å². The Morgan fingerprint density at radius 1 is 1.68 bits per heavy atom. The Morgan fingerprint density at radius 3 is 3.00 bits per heavy atom. The molecule has 2 heterocycles. The summed E-state index contributed by atoms with van der Waals surface area (Å²) in [5, 5.41) is 0.317. The maximum atomic E-state index is 12.3. The second kappa shape index (κ2) is 5.75. The molecule has 2 rings (SSSR count). The van der Waals surface area contributed by atoms with Crippen molar-refractivity contribution in [2.45, 2.75) is 18.9 Å². The van der Waals surface area contributed by atoms with Crippen molar-refractivity contribution in [3.63, 3.8) is 0 Å². The summed E-state index contributed by atoms with van der Waals surface area (Å²) >= 11 is 5.89. The summed E-state index contributed by atoms with van der Waals surface area (Å²) < 4.78 is 0. The van der Waals surface area contributed by atoms with E-state index in [-0.39, 0.29) is 11.7 Å². The molecule has 1 aliphatic heterocycles. The lowest BCUT2D eigenvalue weighted by Gasteiger charge is -2.25. The number of aromatic nitrogens is 1. The van der Waals surface area contributed by atoms with Gasteiger partial charge in [0, 0.05) is 25.8 Å². The number of pyridine rings is 1. The van der Waals surface area contributed by atoms with E-state index in [0.29, 0.717) is 16.6 Å². The van der Waals surface area contributed by atoms with Crippen LogP contribution in [0.5, 0.6) is 0 Å². The topological polar surface area (TPSA) is 62.5 Å². The number of hydrogen-bond donors (Lipinski definition) is 1. The van der Waals surface area contributed by atoms with Gasteiger partial charge in [-0.3, -0.25) is 4.79 Å². The molecule has 0 bridgehead atoms. The molecule has 19 heavy (non-hydrogen) atoms. The molecule has 0 aromatic carbocycles. The molecule has 104 valence electrons. The number of nitrogens with two attached hydrogens (primary N) is 1. The third-order valence-electron chi connectivity index (χ3n) is 3.62. The maximum Gasteiger partial charge on any atom is 0.255 e. The van der Waals surface area contributed by atoms with Crippen LogP contribution in [0.2, 0.25) is 5.02 Å². The van der Waals surface area contributed by atoms with Crippen molar-refractivity contribution in [3.05, 3.63) is 22.8 Å². The lowest BCUT2D eigenvalue weighted by molar-refractivity contribution is 0.0761. The minimum atomic E-state index is -0.0744. The van der Waals surface area contributed by atoms with Crippen LogP contribution in [0.25, 0.3) is 0 Å². The Labute approximate surface area is 118 Å². The number of nitrogen functional groups attached to an aromatic ring is 1. The summed E-state index contributed by atoms with van der Waals surface area (Å²) in [5.41, 5.74) is 6.01. The summed E-state index contributed by atoms with van der Waals surface area (Å²) in [4.78, 5) is 20.2. The molecule has 1 atom stereocenters. The van der Waals surface area contributed by atoms with E-state index in [1.54, 1.807) is 18.0 Å². The molecule has 1 unspecified atom stereocenters. The highest BCUT2D eigenvalue weighted by atomic mass is 35.5. The number of hydrogen-bond acceptors (Lipinski definition) is 4. The van der Waals surface area contributed by atoms with Gasteiger partial charge in [-0.1, -0.05) is 11.6 Å². The van der Waals surface area contributed by atoms with Crippen LogP contribution in [0, 0.1) is 0 Å². The van der Waals surface area contributed by atoms with Gasteiger partial charge in [0.2, 0.25) is 0 Å². The average Bonchev–Trinajstić information content (AvgIpc) is 2.77. The molecule has 0 spiro atoms. The second-order valence-electron chi connectivity index (χ2n) is 5.05. The number of rotatable bonds is 3. The molecule has 0 saturated carbocycles. The Bertz CT molecular complexity index is 480. The van der Waals surface area contributed by atoms with Crippen LogP contribution in [-0.4, -0.2) is 53.9 Å². The standard InChI is InChI=1S/C13H19ClN4O/c1-17-5-3-4-10(17)8-18(2)13(19)9-6-11(14)12(15)16-7-9/h6-7,10H,3-5,8H2,1-2H3,(H2,15,16). The SMILES string of the molecule is CN(CC1CCCN1C)C(=O)c1cnc(N)c(Cl)c1. The van der Waals surface area contributed by atoms with Crippen LogP contribution < -0.4 is 5.73 Å². The smallest absolute Gasteiger partial charge is 0.255 e. The first-order valence-corrected chi connectivity index (χ1v) is 6.73. The second-order valence-corrected chi connectivity index (χ2v) is 5.46. The number of likely N-dealkylation sites (tertiary alicyclic amines) is 1. The Kier molecular flexibility index (Phi) is 4.27. The lowest BCUT2D eigenvalue weighted by atomic mass is 10.2. The van der Waals surface area contributed by atoms with Gasteiger partial charge in [0.1, 0.15) is 5.82 Å². The van der Waals surface area contributed by atoms with E-state index in [0.717, 1.165) is 19.5 Å². The molecule has 5 nitrogen and oxygen atoms in total. The van der Waals surface area contributed by atoms with Gasteiger partial charge < -0.3 is 15.5 Å². The van der Waals surface area contributed by atoms with Gasteiger partial charge in [-0.25, -0.2) is 4.98 Å². The van der Waals surface area contributed by atoms with E-state index >= 15 is 0 Å². The summed E-state index contributed by atoms with van der Waals surface area (Å²) in [5.74, 6) is 0.172. The molecule has 1 saturated heterocycles. The average molecular weight is 283 g/mol. The van der Waals surface area contributed by atoms with E-state index in [9.17, 15) is 4.79 Å². The van der Waals surface area contributed by atoms with Crippen molar-refractivity contribution in [3.8, 4) is 0 Å². The highest BCUT2D eigenvalue weighted by molar-refractivity contribution is 6.33. The first-order chi connectivity index (χ1) is 8.99. The number of anilines is 1. The molecule has 2 N–H and O–H groups in total. The van der Waals surface area contributed by atoms with Crippen molar-refractivity contribution >= 4 is 23.3 Å². The minimum Gasteiger partial charge on any atom is -0.382 e. The number of amides is 1. The normalized spacial score (nSPS) is 19.6. The third kappa shape index (κ3) is 3.16. The van der Waals surface area contributed by atoms with Crippen LogP contribution in [0.3, 0.4) is 0 Å². The molecule has 0 radical (unpaired) electrons. The molecular formula is C13H19ClN4O. The summed E-state index contributed by atoms with van der Waals surface area (Å²) in [6.45, 7) is 1.82. The lowest BCUT2D eigenvalue weighted by Crippen LogP contribution is -2.39. The van der Waals surface area contributed by atoms with Gasteiger partial charge in [0.05, 0.1) is 10.6 Å². The highest BCUT2D eigenvalue weighted by Crippen LogP contribution is 2.19. The van der Waals surface area contributed by atoms with Crippen molar-refractivity contribution < 1.29 is 4.79 Å². The fourth-order valence-corrected chi connectivity index (χ4v) is 2.56. The number of carbonyl (C=O) groups is 1. The predicted molar refractivity (Wildman–Crippen MR) is 76.3 cm³/mol. The highest BCUT2D eigenvalue weighted by Gasteiger charge is 2.24. The largest absolute Gasteiger partial charge is 0.382 e. The minimum absolute atomic E-state index is 0.0744. The zero-order valence-corrected chi connectivity index (χ0v) is 12.0. The Morgan fingerprint density at radius 2 is 2.42 bits per heavy atom. The van der Waals surface area contributed by atoms with Crippen LogP contribution in [0.4, 0.5) is 5.82 Å². The third-order valence-corrected chi connectivity index (χ3v) is 3.92. The van der Waals surface area contributed by atoms with E-state index in [2.05, 4.69) is 16.9 Å². The van der Waals surface area contributed by atoms with Crippen molar-refractivity contribution in [2.75, 3.05) is 32.9 Å². The summed E-state index contributed by atoms with van der Waals surface area (Å²) in [6.07, 6.45) is 3.80. The van der Waals surface area contributed by atoms with Gasteiger partial charge in [-0.2, -0.15) is 0 Å². The number of halogens is 1.